The minimum Gasteiger partial charge on any atom is -0.489 e. The highest BCUT2D eigenvalue weighted by molar-refractivity contribution is 6.35. The zero-order valence-electron chi connectivity index (χ0n) is 15.6. The predicted octanol–water partition coefficient (Wildman–Crippen LogP) is 3.86. The molecule has 1 aromatic heterocycles. The van der Waals surface area contributed by atoms with E-state index in [1.165, 1.54) is 0 Å². The second kappa shape index (κ2) is 9.65. The fourth-order valence-electron chi connectivity index (χ4n) is 3.11. The highest BCUT2D eigenvalue weighted by Gasteiger charge is 2.11. The van der Waals surface area contributed by atoms with E-state index < -0.39 is 0 Å². The van der Waals surface area contributed by atoms with E-state index in [-0.39, 0.29) is 6.61 Å². The molecular formula is C20H21Cl2N5O2. The first-order valence-corrected chi connectivity index (χ1v) is 9.70. The first-order chi connectivity index (χ1) is 14.1. The number of rotatable bonds is 8. The minimum atomic E-state index is 0.249. The molecule has 0 amide bonds. The van der Waals surface area contributed by atoms with Gasteiger partial charge in [0.15, 0.2) is 6.29 Å². The lowest BCUT2D eigenvalue weighted by Crippen LogP contribution is -2.31. The van der Waals surface area contributed by atoms with Crippen LogP contribution in [0.5, 0.6) is 5.75 Å². The molecule has 1 heterocycles. The molecule has 0 bridgehead atoms. The maximum absolute atomic E-state index is 11.5. The summed E-state index contributed by atoms with van der Waals surface area (Å²) in [5.41, 5.74) is 4.70. The summed E-state index contributed by atoms with van der Waals surface area (Å²) < 4.78 is 7.81. The normalized spacial score (nSPS) is 11.6. The van der Waals surface area contributed by atoms with Crippen LogP contribution in [0.15, 0.2) is 47.6 Å². The van der Waals surface area contributed by atoms with Gasteiger partial charge >= 0.3 is 0 Å². The smallest absolute Gasteiger partial charge is 0.166 e. The van der Waals surface area contributed by atoms with Crippen LogP contribution in [0.4, 0.5) is 0 Å². The van der Waals surface area contributed by atoms with Crippen molar-refractivity contribution in [2.45, 2.75) is 26.0 Å². The number of halogens is 2. The molecule has 0 radical (unpaired) electrons. The molecule has 9 heteroatoms. The Hall–Kier alpha value is -2.74. The maximum atomic E-state index is 11.5. The standard InChI is InChI=1S/C20H21Cl2N5O2/c21-17-3-1-4-18(22)16(17)12-29-15-6-7-19-13(10-15)9-14(11-28)27(19)8-2-5-20(25-23)26-24/h1,3-4,6-7,9-11H,2,5,8,12,23-24H2,(H,25,26). The summed E-state index contributed by atoms with van der Waals surface area (Å²) in [5.74, 6) is 11.8. The molecule has 5 N–H and O–H groups in total. The van der Waals surface area contributed by atoms with Gasteiger partial charge in [-0.2, -0.15) is 5.10 Å². The number of nitrogens with two attached hydrogens (primary N) is 2. The molecule has 3 aromatic rings. The van der Waals surface area contributed by atoms with Crippen molar-refractivity contribution in [3.8, 4) is 5.75 Å². The van der Waals surface area contributed by atoms with E-state index in [1.807, 2.05) is 28.8 Å². The van der Waals surface area contributed by atoms with Gasteiger partial charge in [-0.15, -0.1) is 0 Å². The molecule has 3 rings (SSSR count). The van der Waals surface area contributed by atoms with Crippen LogP contribution in [0.3, 0.4) is 0 Å². The molecule has 29 heavy (non-hydrogen) atoms. The number of aldehydes is 1. The number of fused-ring (bicyclic) bond motifs is 1. The van der Waals surface area contributed by atoms with Crippen molar-refractivity contribution in [1.82, 2.24) is 9.99 Å². The summed E-state index contributed by atoms with van der Waals surface area (Å²) >= 11 is 12.4. The highest BCUT2D eigenvalue weighted by Crippen LogP contribution is 2.28. The van der Waals surface area contributed by atoms with Crippen molar-refractivity contribution in [1.29, 1.82) is 0 Å². The van der Waals surface area contributed by atoms with E-state index in [0.29, 0.717) is 46.7 Å². The van der Waals surface area contributed by atoms with Crippen LogP contribution in [0.1, 0.15) is 28.9 Å². The molecule has 0 atom stereocenters. The van der Waals surface area contributed by atoms with Gasteiger partial charge in [0.05, 0.1) is 5.69 Å². The Balaban J connectivity index is 1.77. The number of benzene rings is 2. The lowest BCUT2D eigenvalue weighted by molar-refractivity contribution is 0.111. The summed E-state index contributed by atoms with van der Waals surface area (Å²) in [6, 6.07) is 12.8. The van der Waals surface area contributed by atoms with Crippen molar-refractivity contribution in [3.63, 3.8) is 0 Å². The van der Waals surface area contributed by atoms with Crippen LogP contribution < -0.4 is 21.8 Å². The van der Waals surface area contributed by atoms with Gasteiger partial charge in [-0.25, -0.2) is 5.84 Å². The van der Waals surface area contributed by atoms with E-state index in [9.17, 15) is 4.79 Å². The van der Waals surface area contributed by atoms with E-state index in [2.05, 4.69) is 10.5 Å². The predicted molar refractivity (Wildman–Crippen MR) is 116 cm³/mol. The Morgan fingerprint density at radius 1 is 1.21 bits per heavy atom. The van der Waals surface area contributed by atoms with Crippen LogP contribution >= 0.6 is 23.2 Å². The third-order valence-electron chi connectivity index (χ3n) is 4.59. The average Bonchev–Trinajstić information content (AvgIpc) is 3.08. The summed E-state index contributed by atoms with van der Waals surface area (Å²) in [5, 5.41) is 5.58. The van der Waals surface area contributed by atoms with Gasteiger partial charge in [0.1, 0.15) is 18.2 Å². The van der Waals surface area contributed by atoms with Crippen LogP contribution in [0.25, 0.3) is 10.9 Å². The van der Waals surface area contributed by atoms with E-state index in [0.717, 1.165) is 22.8 Å². The largest absolute Gasteiger partial charge is 0.489 e. The number of carbonyl (C=O) groups is 1. The van der Waals surface area contributed by atoms with Gasteiger partial charge in [-0.1, -0.05) is 29.3 Å². The monoisotopic (exact) mass is 433 g/mol. The molecule has 0 spiro atoms. The molecular weight excluding hydrogens is 413 g/mol. The molecule has 0 aliphatic heterocycles. The number of carbonyl (C=O) groups excluding carboxylic acids is 1. The summed E-state index contributed by atoms with van der Waals surface area (Å²) in [4.78, 5) is 11.5. The van der Waals surface area contributed by atoms with Crippen molar-refractivity contribution in [3.05, 3.63) is 63.8 Å². The molecule has 0 aliphatic carbocycles. The Bertz CT molecular complexity index is 1030. The number of aryl methyl sites for hydroxylation is 1. The lowest BCUT2D eigenvalue weighted by atomic mass is 10.2. The Morgan fingerprint density at radius 2 is 1.97 bits per heavy atom. The highest BCUT2D eigenvalue weighted by atomic mass is 35.5. The maximum Gasteiger partial charge on any atom is 0.166 e. The van der Waals surface area contributed by atoms with Crippen molar-refractivity contribution in [2.75, 3.05) is 0 Å². The van der Waals surface area contributed by atoms with Gasteiger partial charge in [0, 0.05) is 39.5 Å². The lowest BCUT2D eigenvalue weighted by Gasteiger charge is -2.11. The SMILES string of the molecule is N/N=C(/CCCn1c(C=O)cc2cc(OCc3c(Cl)cccc3Cl)ccc21)NN. The van der Waals surface area contributed by atoms with Crippen LogP contribution in [0.2, 0.25) is 10.0 Å². The second-order valence-corrected chi connectivity index (χ2v) is 7.19. The van der Waals surface area contributed by atoms with Gasteiger partial charge in [-0.05, 0) is 42.8 Å². The summed E-state index contributed by atoms with van der Waals surface area (Å²) in [7, 11) is 0. The van der Waals surface area contributed by atoms with Crippen LogP contribution in [0, 0.1) is 0 Å². The minimum absolute atomic E-state index is 0.249. The fourth-order valence-corrected chi connectivity index (χ4v) is 3.62. The Kier molecular flexibility index (Phi) is 6.98. The first kappa shape index (κ1) is 21.0. The number of hydrazone groups is 1. The second-order valence-electron chi connectivity index (χ2n) is 6.37. The number of nitrogens with zero attached hydrogens (tertiary/aromatic N) is 2. The molecule has 2 aromatic carbocycles. The Morgan fingerprint density at radius 3 is 2.62 bits per heavy atom. The van der Waals surface area contributed by atoms with Crippen molar-refractivity contribution < 1.29 is 9.53 Å². The average molecular weight is 434 g/mol. The van der Waals surface area contributed by atoms with Gasteiger partial charge < -0.3 is 20.6 Å². The number of hydrogen-bond donors (Lipinski definition) is 3. The number of hydrogen-bond acceptors (Lipinski definition) is 5. The zero-order valence-corrected chi connectivity index (χ0v) is 17.1. The van der Waals surface area contributed by atoms with E-state index >= 15 is 0 Å². The topological polar surface area (TPSA) is 108 Å². The zero-order chi connectivity index (χ0) is 20.8. The van der Waals surface area contributed by atoms with Crippen LogP contribution in [-0.2, 0) is 13.2 Å². The first-order valence-electron chi connectivity index (χ1n) is 8.95. The van der Waals surface area contributed by atoms with Gasteiger partial charge in [0.2, 0.25) is 0 Å². The molecule has 0 unspecified atom stereocenters. The van der Waals surface area contributed by atoms with Crippen molar-refractivity contribution in [2.24, 2.45) is 16.8 Å². The quantitative estimate of drug-likeness (QED) is 0.164. The molecule has 0 fully saturated rings. The molecule has 0 saturated carbocycles. The molecule has 0 saturated heterocycles. The third-order valence-corrected chi connectivity index (χ3v) is 5.30. The van der Waals surface area contributed by atoms with Crippen LogP contribution in [-0.4, -0.2) is 16.7 Å². The number of ether oxygens (including phenoxy) is 1. The Labute approximate surface area is 178 Å². The summed E-state index contributed by atoms with van der Waals surface area (Å²) in [6.07, 6.45) is 2.13. The molecule has 152 valence electrons. The number of amidine groups is 1. The number of aromatic nitrogens is 1. The van der Waals surface area contributed by atoms with Gasteiger partial charge in [-0.3, -0.25) is 4.79 Å². The van der Waals surface area contributed by atoms with E-state index in [4.69, 9.17) is 39.6 Å². The van der Waals surface area contributed by atoms with Crippen molar-refractivity contribution >= 4 is 46.2 Å². The number of nitrogens with one attached hydrogen (secondary N) is 1. The molecule has 0 aliphatic rings. The fraction of sp³-hybridized carbons (Fsp3) is 0.200. The number of hydrazine groups is 1. The summed E-state index contributed by atoms with van der Waals surface area (Å²) in [6.45, 7) is 0.867. The molecule has 7 nitrogen and oxygen atoms in total. The van der Waals surface area contributed by atoms with E-state index in [1.54, 1.807) is 18.2 Å². The third kappa shape index (κ3) is 4.82. The van der Waals surface area contributed by atoms with Gasteiger partial charge in [0.25, 0.3) is 0 Å².